The molecule has 0 saturated carbocycles. The van der Waals surface area contributed by atoms with E-state index < -0.39 is 0 Å². The van der Waals surface area contributed by atoms with Crippen LogP contribution >= 0.6 is 0 Å². The monoisotopic (exact) mass is 489 g/mol. The number of benzene rings is 3. The first-order valence-corrected chi connectivity index (χ1v) is 14.1. The Hall–Kier alpha value is -3.13. The molecule has 0 bridgehead atoms. The number of imidazole rings is 1. The number of aryl methyl sites for hydroxylation is 2. The molecule has 1 unspecified atom stereocenters. The summed E-state index contributed by atoms with van der Waals surface area (Å²) in [5.74, 6) is 0. The van der Waals surface area contributed by atoms with Crippen LogP contribution in [0.4, 0.5) is 0 Å². The predicted octanol–water partition coefficient (Wildman–Crippen LogP) is 9.04. The van der Waals surface area contributed by atoms with E-state index in [0.29, 0.717) is 6.04 Å². The first kappa shape index (κ1) is 24.2. The van der Waals surface area contributed by atoms with Crippen LogP contribution in [0, 0.1) is 19.3 Å². The Balaban J connectivity index is 1.86. The molecule has 2 nitrogen and oxygen atoms in total. The zero-order chi connectivity index (χ0) is 26.3. The van der Waals surface area contributed by atoms with Gasteiger partial charge < -0.3 is 0 Å². The lowest BCUT2D eigenvalue weighted by Gasteiger charge is -2.39. The van der Waals surface area contributed by atoms with Crippen molar-refractivity contribution >= 4 is 27.3 Å². The maximum Gasteiger partial charge on any atom is 0.295 e. The summed E-state index contributed by atoms with van der Waals surface area (Å²) in [5, 5.41) is 4.22. The van der Waals surface area contributed by atoms with Gasteiger partial charge in [-0.1, -0.05) is 77.1 Å². The Kier molecular flexibility index (Phi) is 5.36. The van der Waals surface area contributed by atoms with E-state index in [-0.39, 0.29) is 10.8 Å². The number of hydrogen-bond donors (Lipinski definition) is 0. The molecule has 0 spiro atoms. The molecule has 37 heavy (non-hydrogen) atoms. The molecule has 190 valence electrons. The van der Waals surface area contributed by atoms with Gasteiger partial charge in [0.1, 0.15) is 17.8 Å². The second kappa shape index (κ2) is 8.18. The molecule has 0 amide bonds. The van der Waals surface area contributed by atoms with Gasteiger partial charge in [-0.3, -0.25) is 0 Å². The van der Waals surface area contributed by atoms with Crippen molar-refractivity contribution < 1.29 is 4.57 Å². The summed E-state index contributed by atoms with van der Waals surface area (Å²) in [6.07, 6.45) is 5.80. The highest BCUT2D eigenvalue weighted by Crippen LogP contribution is 2.49. The van der Waals surface area contributed by atoms with Crippen LogP contribution < -0.4 is 4.57 Å². The minimum absolute atomic E-state index is 0.119. The van der Waals surface area contributed by atoms with Gasteiger partial charge in [-0.05, 0) is 79.8 Å². The van der Waals surface area contributed by atoms with Gasteiger partial charge in [-0.25, -0.2) is 4.57 Å². The van der Waals surface area contributed by atoms with Crippen LogP contribution in [-0.2, 0) is 11.8 Å². The maximum atomic E-state index is 2.62. The molecule has 0 radical (unpaired) electrons. The molecule has 6 rings (SSSR count). The van der Waals surface area contributed by atoms with E-state index in [1.165, 1.54) is 60.8 Å². The number of pyridine rings is 1. The number of aromatic nitrogens is 2. The molecule has 1 atom stereocenters. The smallest absolute Gasteiger partial charge is 0.226 e. The molecule has 0 fully saturated rings. The molecule has 1 aliphatic rings. The highest BCUT2D eigenvalue weighted by Gasteiger charge is 2.46. The van der Waals surface area contributed by atoms with E-state index in [1.54, 1.807) is 0 Å². The Morgan fingerprint density at radius 2 is 1.57 bits per heavy atom. The van der Waals surface area contributed by atoms with Crippen LogP contribution in [-0.4, -0.2) is 4.40 Å². The number of rotatable bonds is 4. The number of nitrogens with zero attached hydrogens (tertiary/aromatic N) is 2. The minimum atomic E-state index is 0.119. The zero-order valence-electron chi connectivity index (χ0n) is 23.9. The molecule has 2 heteroatoms. The van der Waals surface area contributed by atoms with E-state index in [4.69, 9.17) is 0 Å². The van der Waals surface area contributed by atoms with Crippen molar-refractivity contribution in [3.63, 3.8) is 0 Å². The standard InChI is InChI=1S/C35H41N2/c1-9-35(10-2)24(5)36-21-30(31-22(3)13-11-14-23(31)4)37-29-18-17-25(20-34(6,7)8)19-27(29)26-15-12-16-28(35)32(26)33(36)37/h11-19,21,24H,9-10,20H2,1-8H3/q+1. The molecule has 5 aromatic rings. The third kappa shape index (κ3) is 3.34. The van der Waals surface area contributed by atoms with Gasteiger partial charge in [-0.2, -0.15) is 4.40 Å². The van der Waals surface area contributed by atoms with E-state index >= 15 is 0 Å². The summed E-state index contributed by atoms with van der Waals surface area (Å²) in [5.41, 5.74) is 11.3. The fourth-order valence-electron chi connectivity index (χ4n) is 7.52. The summed E-state index contributed by atoms with van der Waals surface area (Å²) in [6.45, 7) is 18.7. The minimum Gasteiger partial charge on any atom is -0.226 e. The van der Waals surface area contributed by atoms with Gasteiger partial charge in [0, 0.05) is 21.8 Å². The Morgan fingerprint density at radius 3 is 2.22 bits per heavy atom. The summed E-state index contributed by atoms with van der Waals surface area (Å²) in [4.78, 5) is 0. The van der Waals surface area contributed by atoms with E-state index in [2.05, 4.69) is 125 Å². The van der Waals surface area contributed by atoms with Crippen LogP contribution in [0.5, 0.6) is 0 Å². The van der Waals surface area contributed by atoms with Crippen LogP contribution in [0.25, 0.3) is 38.6 Å². The first-order valence-electron chi connectivity index (χ1n) is 14.1. The van der Waals surface area contributed by atoms with Crippen LogP contribution in [0.2, 0.25) is 0 Å². The third-order valence-corrected chi connectivity index (χ3v) is 9.33. The van der Waals surface area contributed by atoms with Gasteiger partial charge in [0.25, 0.3) is 5.65 Å². The Morgan fingerprint density at radius 1 is 0.892 bits per heavy atom. The highest BCUT2D eigenvalue weighted by molar-refractivity contribution is 6.13. The van der Waals surface area contributed by atoms with Crippen molar-refractivity contribution in [2.24, 2.45) is 5.41 Å². The van der Waals surface area contributed by atoms with Crippen LogP contribution in [0.3, 0.4) is 0 Å². The van der Waals surface area contributed by atoms with Crippen molar-refractivity contribution in [3.05, 3.63) is 83.0 Å². The average Bonchev–Trinajstić information content (AvgIpc) is 3.24. The molecule has 3 heterocycles. The lowest BCUT2D eigenvalue weighted by molar-refractivity contribution is -0.705. The zero-order valence-corrected chi connectivity index (χ0v) is 23.9. The van der Waals surface area contributed by atoms with Crippen molar-refractivity contribution in [2.75, 3.05) is 0 Å². The van der Waals surface area contributed by atoms with E-state index in [0.717, 1.165) is 19.3 Å². The van der Waals surface area contributed by atoms with Gasteiger partial charge in [0.15, 0.2) is 5.69 Å². The Labute approximate surface area is 222 Å². The van der Waals surface area contributed by atoms with Crippen LogP contribution in [0.1, 0.15) is 82.7 Å². The second-order valence-electron chi connectivity index (χ2n) is 12.7. The SMILES string of the molecule is CCC1(CC)c2cccc3c4cc(CC(C)(C)C)ccc4n4c(-c5c(C)cccc5C)c[n+](c4c23)C1C. The van der Waals surface area contributed by atoms with Crippen molar-refractivity contribution in [3.8, 4) is 11.3 Å². The van der Waals surface area contributed by atoms with E-state index in [1.807, 2.05) is 0 Å². The lowest BCUT2D eigenvalue weighted by Crippen LogP contribution is -2.52. The topological polar surface area (TPSA) is 8.29 Å². The largest absolute Gasteiger partial charge is 0.295 e. The quantitative estimate of drug-likeness (QED) is 0.176. The van der Waals surface area contributed by atoms with Crippen molar-refractivity contribution in [1.29, 1.82) is 0 Å². The molecule has 0 N–H and O–H groups in total. The second-order valence-corrected chi connectivity index (χ2v) is 12.7. The number of fused-ring (bicyclic) bond motifs is 3. The average molecular weight is 490 g/mol. The van der Waals surface area contributed by atoms with Crippen molar-refractivity contribution in [2.45, 2.75) is 86.1 Å². The fourth-order valence-corrected chi connectivity index (χ4v) is 7.52. The highest BCUT2D eigenvalue weighted by atomic mass is 15.2. The van der Waals surface area contributed by atoms with Gasteiger partial charge in [-0.15, -0.1) is 0 Å². The first-order chi connectivity index (χ1) is 17.6. The summed E-state index contributed by atoms with van der Waals surface area (Å²) >= 11 is 0. The van der Waals surface area contributed by atoms with Gasteiger partial charge >= 0.3 is 0 Å². The van der Waals surface area contributed by atoms with Crippen molar-refractivity contribution in [1.82, 2.24) is 4.40 Å². The van der Waals surface area contributed by atoms with Gasteiger partial charge in [0.05, 0.1) is 5.39 Å². The fraction of sp³-hybridized carbons (Fsp3) is 0.400. The number of hydrogen-bond acceptors (Lipinski definition) is 0. The normalized spacial score (nSPS) is 16.9. The van der Waals surface area contributed by atoms with Crippen LogP contribution in [0.15, 0.2) is 60.8 Å². The molecule has 0 saturated heterocycles. The molecular formula is C35H41N2+. The predicted molar refractivity (Wildman–Crippen MR) is 158 cm³/mol. The third-order valence-electron chi connectivity index (χ3n) is 9.33. The molecule has 0 aliphatic carbocycles. The molecular weight excluding hydrogens is 448 g/mol. The molecule has 3 aromatic carbocycles. The van der Waals surface area contributed by atoms with Gasteiger partial charge in [0.2, 0.25) is 0 Å². The molecule has 1 aliphatic heterocycles. The molecule has 2 aromatic heterocycles. The summed E-state index contributed by atoms with van der Waals surface area (Å²) < 4.78 is 5.20. The maximum absolute atomic E-state index is 2.62. The lowest BCUT2D eigenvalue weighted by atomic mass is 9.67. The Bertz CT molecular complexity index is 1670. The summed E-state index contributed by atoms with van der Waals surface area (Å²) in [7, 11) is 0. The van der Waals surface area contributed by atoms with E-state index in [9.17, 15) is 0 Å². The summed E-state index contributed by atoms with van der Waals surface area (Å²) in [6, 6.07) is 21.4.